The van der Waals surface area contributed by atoms with E-state index in [0.29, 0.717) is 18.0 Å². The standard InChI is InChI=1S/C15H18FNO3/c1-11(2)9-17-14(18)10-20-15(19)7-6-12-4-3-5-13(16)8-12/h3-8,11H,9-10H2,1-2H3,(H,17,18). The van der Waals surface area contributed by atoms with Gasteiger partial charge in [-0.1, -0.05) is 26.0 Å². The maximum Gasteiger partial charge on any atom is 0.331 e. The van der Waals surface area contributed by atoms with Gasteiger partial charge >= 0.3 is 5.97 Å². The van der Waals surface area contributed by atoms with E-state index in [1.54, 1.807) is 12.1 Å². The molecule has 5 heteroatoms. The van der Waals surface area contributed by atoms with Crippen LogP contribution in [0.25, 0.3) is 6.08 Å². The van der Waals surface area contributed by atoms with Crippen molar-refractivity contribution in [2.24, 2.45) is 5.92 Å². The number of carbonyl (C=O) groups is 2. The van der Waals surface area contributed by atoms with Gasteiger partial charge in [-0.05, 0) is 29.7 Å². The SMILES string of the molecule is CC(C)CNC(=O)COC(=O)C=Cc1cccc(F)c1. The molecule has 0 saturated heterocycles. The summed E-state index contributed by atoms with van der Waals surface area (Å²) in [5.74, 6) is -1.03. The Balaban J connectivity index is 2.35. The maximum atomic E-state index is 12.9. The average molecular weight is 279 g/mol. The van der Waals surface area contributed by atoms with Crippen LogP contribution in [-0.4, -0.2) is 25.0 Å². The fraction of sp³-hybridized carbons (Fsp3) is 0.333. The van der Waals surface area contributed by atoms with Gasteiger partial charge < -0.3 is 10.1 Å². The first-order valence-electron chi connectivity index (χ1n) is 6.34. The predicted octanol–water partition coefficient (Wildman–Crippen LogP) is 2.15. The Bertz CT molecular complexity index is 498. The van der Waals surface area contributed by atoms with Crippen molar-refractivity contribution >= 4 is 18.0 Å². The molecule has 1 N–H and O–H groups in total. The lowest BCUT2D eigenvalue weighted by atomic mass is 10.2. The van der Waals surface area contributed by atoms with Crippen LogP contribution in [0, 0.1) is 11.7 Å². The van der Waals surface area contributed by atoms with Crippen molar-refractivity contribution in [2.45, 2.75) is 13.8 Å². The molecule has 1 amide bonds. The third-order valence-corrected chi connectivity index (χ3v) is 2.31. The Kier molecular flexibility index (Phi) is 6.43. The second kappa shape index (κ2) is 8.09. The van der Waals surface area contributed by atoms with E-state index in [0.717, 1.165) is 6.08 Å². The molecule has 0 radical (unpaired) electrons. The van der Waals surface area contributed by atoms with Gasteiger partial charge in [-0.2, -0.15) is 0 Å². The summed E-state index contributed by atoms with van der Waals surface area (Å²) in [6.07, 6.45) is 2.59. The van der Waals surface area contributed by atoms with Crippen molar-refractivity contribution < 1.29 is 18.7 Å². The van der Waals surface area contributed by atoms with Gasteiger partial charge in [-0.3, -0.25) is 4.79 Å². The van der Waals surface area contributed by atoms with Crippen LogP contribution >= 0.6 is 0 Å². The summed E-state index contributed by atoms with van der Waals surface area (Å²) in [7, 11) is 0. The van der Waals surface area contributed by atoms with Crippen molar-refractivity contribution in [3.05, 3.63) is 41.7 Å². The summed E-state index contributed by atoms with van der Waals surface area (Å²) in [4.78, 5) is 22.7. The zero-order valence-electron chi connectivity index (χ0n) is 11.6. The molecular weight excluding hydrogens is 261 g/mol. The van der Waals surface area contributed by atoms with Crippen LogP contribution in [-0.2, 0) is 14.3 Å². The molecule has 20 heavy (non-hydrogen) atoms. The number of nitrogens with one attached hydrogen (secondary N) is 1. The highest BCUT2D eigenvalue weighted by Crippen LogP contribution is 2.05. The van der Waals surface area contributed by atoms with Gasteiger partial charge in [0.25, 0.3) is 5.91 Å². The quantitative estimate of drug-likeness (QED) is 0.641. The van der Waals surface area contributed by atoms with E-state index in [2.05, 4.69) is 5.32 Å². The highest BCUT2D eigenvalue weighted by Gasteiger charge is 2.05. The number of hydrogen-bond acceptors (Lipinski definition) is 3. The van der Waals surface area contributed by atoms with Gasteiger partial charge in [0.2, 0.25) is 0 Å². The lowest BCUT2D eigenvalue weighted by molar-refractivity contribution is -0.143. The highest BCUT2D eigenvalue weighted by atomic mass is 19.1. The molecule has 0 unspecified atom stereocenters. The third-order valence-electron chi connectivity index (χ3n) is 2.31. The maximum absolute atomic E-state index is 12.9. The van der Waals surface area contributed by atoms with Gasteiger partial charge in [0.15, 0.2) is 6.61 Å². The summed E-state index contributed by atoms with van der Waals surface area (Å²) in [6.45, 7) is 4.15. The average Bonchev–Trinajstić information content (AvgIpc) is 2.40. The van der Waals surface area contributed by atoms with E-state index in [4.69, 9.17) is 4.74 Å². The number of halogens is 1. The molecule has 0 aromatic heterocycles. The molecule has 108 valence electrons. The molecule has 0 bridgehead atoms. The number of hydrogen-bond donors (Lipinski definition) is 1. The molecule has 0 spiro atoms. The van der Waals surface area contributed by atoms with Crippen molar-refractivity contribution in [3.8, 4) is 0 Å². The number of rotatable bonds is 6. The first-order valence-corrected chi connectivity index (χ1v) is 6.34. The third kappa shape index (κ3) is 6.68. The summed E-state index contributed by atoms with van der Waals surface area (Å²) >= 11 is 0. The normalized spacial score (nSPS) is 10.8. The highest BCUT2D eigenvalue weighted by molar-refractivity contribution is 5.89. The van der Waals surface area contributed by atoms with Crippen LogP contribution < -0.4 is 5.32 Å². The lowest BCUT2D eigenvalue weighted by Gasteiger charge is -2.07. The minimum absolute atomic E-state index is 0.320. The summed E-state index contributed by atoms with van der Waals surface area (Å²) in [5.41, 5.74) is 0.547. The zero-order valence-corrected chi connectivity index (χ0v) is 11.6. The summed E-state index contributed by atoms with van der Waals surface area (Å²) < 4.78 is 17.6. The number of carbonyl (C=O) groups excluding carboxylic acids is 2. The first kappa shape index (κ1) is 15.9. The zero-order chi connectivity index (χ0) is 15.0. The Hall–Kier alpha value is -2.17. The molecule has 0 aliphatic heterocycles. The van der Waals surface area contributed by atoms with Gasteiger partial charge in [0.1, 0.15) is 5.82 Å². The van der Waals surface area contributed by atoms with E-state index in [1.165, 1.54) is 18.2 Å². The van der Waals surface area contributed by atoms with Crippen LogP contribution in [0.3, 0.4) is 0 Å². The Labute approximate surface area is 117 Å². The molecule has 0 atom stereocenters. The fourth-order valence-corrected chi connectivity index (χ4v) is 1.33. The largest absolute Gasteiger partial charge is 0.452 e. The molecule has 0 aliphatic carbocycles. The second-order valence-corrected chi connectivity index (χ2v) is 4.69. The molecule has 1 aromatic carbocycles. The first-order chi connectivity index (χ1) is 9.47. The summed E-state index contributed by atoms with van der Waals surface area (Å²) in [6, 6.07) is 5.80. The molecule has 1 rings (SSSR count). The number of ether oxygens (including phenoxy) is 1. The lowest BCUT2D eigenvalue weighted by Crippen LogP contribution is -2.31. The molecule has 4 nitrogen and oxygen atoms in total. The minimum atomic E-state index is -0.644. The van der Waals surface area contributed by atoms with Gasteiger partial charge in [-0.15, -0.1) is 0 Å². The van der Waals surface area contributed by atoms with E-state index in [9.17, 15) is 14.0 Å². The van der Waals surface area contributed by atoms with Crippen molar-refractivity contribution in [3.63, 3.8) is 0 Å². The smallest absolute Gasteiger partial charge is 0.331 e. The Morgan fingerprint density at radius 3 is 2.80 bits per heavy atom. The van der Waals surface area contributed by atoms with Crippen LogP contribution in [0.5, 0.6) is 0 Å². The number of amides is 1. The van der Waals surface area contributed by atoms with Gasteiger partial charge in [0, 0.05) is 12.6 Å². The molecule has 0 heterocycles. The topological polar surface area (TPSA) is 55.4 Å². The monoisotopic (exact) mass is 279 g/mol. The number of benzene rings is 1. The second-order valence-electron chi connectivity index (χ2n) is 4.69. The van der Waals surface area contributed by atoms with Crippen molar-refractivity contribution in [2.75, 3.05) is 13.2 Å². The van der Waals surface area contributed by atoms with Crippen LogP contribution in [0.4, 0.5) is 4.39 Å². The summed E-state index contributed by atoms with van der Waals surface area (Å²) in [5, 5.41) is 2.63. The van der Waals surface area contributed by atoms with Crippen molar-refractivity contribution in [1.82, 2.24) is 5.32 Å². The van der Waals surface area contributed by atoms with Crippen LogP contribution in [0.2, 0.25) is 0 Å². The van der Waals surface area contributed by atoms with Crippen LogP contribution in [0.1, 0.15) is 19.4 Å². The molecular formula is C15H18FNO3. The molecule has 0 aliphatic rings. The molecule has 0 fully saturated rings. The minimum Gasteiger partial charge on any atom is -0.452 e. The Morgan fingerprint density at radius 1 is 1.40 bits per heavy atom. The van der Waals surface area contributed by atoms with E-state index in [1.807, 2.05) is 13.8 Å². The van der Waals surface area contributed by atoms with Gasteiger partial charge in [-0.25, -0.2) is 9.18 Å². The van der Waals surface area contributed by atoms with Crippen LogP contribution in [0.15, 0.2) is 30.3 Å². The van der Waals surface area contributed by atoms with Gasteiger partial charge in [0.05, 0.1) is 0 Å². The predicted molar refractivity (Wildman–Crippen MR) is 74.2 cm³/mol. The van der Waals surface area contributed by atoms with Crippen molar-refractivity contribution in [1.29, 1.82) is 0 Å². The molecule has 1 aromatic rings. The Morgan fingerprint density at radius 2 is 2.15 bits per heavy atom. The number of esters is 1. The van der Waals surface area contributed by atoms with E-state index < -0.39 is 5.97 Å². The van der Waals surface area contributed by atoms with E-state index >= 15 is 0 Å². The molecule has 0 saturated carbocycles. The fourth-order valence-electron chi connectivity index (χ4n) is 1.33. The van der Waals surface area contributed by atoms with E-state index in [-0.39, 0.29) is 18.3 Å².